The van der Waals surface area contributed by atoms with E-state index in [0.29, 0.717) is 6.42 Å². The fourth-order valence-electron chi connectivity index (χ4n) is 2.73. The first-order valence-electron chi connectivity index (χ1n) is 7.40. The number of carboxylic acid groups (broad SMARTS) is 1. The number of hydrogen-bond acceptors (Lipinski definition) is 5. The van der Waals surface area contributed by atoms with Crippen LogP contribution in [0.4, 0.5) is 0 Å². The largest absolute Gasteiger partial charge is 0.479 e. The zero-order valence-electron chi connectivity index (χ0n) is 14.1. The van der Waals surface area contributed by atoms with Crippen LogP contribution in [0, 0.1) is 5.92 Å². The van der Waals surface area contributed by atoms with E-state index in [-0.39, 0.29) is 5.92 Å². The number of rotatable bonds is 5. The van der Waals surface area contributed by atoms with Gasteiger partial charge in [-0.25, -0.2) is 9.69 Å². The van der Waals surface area contributed by atoms with E-state index < -0.39 is 35.9 Å². The molecular formula is C15H29NO5. The molecule has 1 heterocycles. The van der Waals surface area contributed by atoms with Crippen LogP contribution in [0.3, 0.4) is 0 Å². The maximum Gasteiger partial charge on any atom is 0.334 e. The molecular weight excluding hydrogens is 274 g/mol. The molecule has 2 unspecified atom stereocenters. The Bertz CT molecular complexity index is 375. The van der Waals surface area contributed by atoms with E-state index >= 15 is 0 Å². The standard InChI is InChI=1S/C15H29NO5/c1-9(2)8-10-11(12(17)18)20-15(6,7)16(10)13(19)21-14(3,4)5/h9-11,13,19H,8H2,1-7H3,(H,17,18)/t10-,11?,13?/m0/s1. The Balaban J connectivity index is 3.06. The SMILES string of the molecule is CC(C)C[C@H]1C(C(=O)O)OC(C)(C)N1C(O)OC(C)(C)C. The van der Waals surface area contributed by atoms with Crippen LogP contribution >= 0.6 is 0 Å². The lowest BCUT2D eigenvalue weighted by Gasteiger charge is -2.39. The van der Waals surface area contributed by atoms with Crippen LogP contribution in [0.2, 0.25) is 0 Å². The molecule has 3 atom stereocenters. The monoisotopic (exact) mass is 303 g/mol. The second-order valence-electron chi connectivity index (χ2n) is 7.48. The summed E-state index contributed by atoms with van der Waals surface area (Å²) in [7, 11) is 0. The van der Waals surface area contributed by atoms with E-state index in [1.54, 1.807) is 18.7 Å². The number of aliphatic hydroxyl groups excluding tert-OH is 1. The van der Waals surface area contributed by atoms with Gasteiger partial charge < -0.3 is 19.7 Å². The Labute approximate surface area is 127 Å². The lowest BCUT2D eigenvalue weighted by Crippen LogP contribution is -2.54. The van der Waals surface area contributed by atoms with Crippen molar-refractivity contribution in [1.82, 2.24) is 4.90 Å². The number of carboxylic acids is 1. The summed E-state index contributed by atoms with van der Waals surface area (Å²) in [4.78, 5) is 13.1. The molecule has 1 aliphatic heterocycles. The van der Waals surface area contributed by atoms with Crippen LogP contribution in [-0.2, 0) is 14.3 Å². The van der Waals surface area contributed by atoms with E-state index in [1.165, 1.54) is 0 Å². The molecule has 0 saturated carbocycles. The smallest absolute Gasteiger partial charge is 0.334 e. The summed E-state index contributed by atoms with van der Waals surface area (Å²) in [5, 5.41) is 19.8. The first kappa shape index (κ1) is 18.4. The molecule has 1 fully saturated rings. The highest BCUT2D eigenvalue weighted by molar-refractivity contribution is 5.73. The van der Waals surface area contributed by atoms with Crippen molar-refractivity contribution in [2.24, 2.45) is 5.92 Å². The van der Waals surface area contributed by atoms with Gasteiger partial charge in [0.15, 0.2) is 6.10 Å². The summed E-state index contributed by atoms with van der Waals surface area (Å²) in [6, 6.07) is -0.435. The summed E-state index contributed by atoms with van der Waals surface area (Å²) in [6.07, 6.45) is -1.58. The van der Waals surface area contributed by atoms with Gasteiger partial charge in [0.05, 0.1) is 11.6 Å². The third-order valence-corrected chi connectivity index (χ3v) is 3.40. The quantitative estimate of drug-likeness (QED) is 0.756. The topological polar surface area (TPSA) is 79.2 Å². The molecule has 0 aromatic heterocycles. The van der Waals surface area contributed by atoms with Gasteiger partial charge in [0.1, 0.15) is 5.72 Å². The van der Waals surface area contributed by atoms with Crippen LogP contribution in [-0.4, -0.2) is 51.0 Å². The highest BCUT2D eigenvalue weighted by Gasteiger charge is 2.53. The van der Waals surface area contributed by atoms with Gasteiger partial charge in [-0.1, -0.05) is 13.8 Å². The van der Waals surface area contributed by atoms with Crippen molar-refractivity contribution >= 4 is 5.97 Å². The molecule has 21 heavy (non-hydrogen) atoms. The maximum absolute atomic E-state index is 11.5. The van der Waals surface area contributed by atoms with Gasteiger partial charge in [-0.2, -0.15) is 0 Å². The summed E-state index contributed by atoms with van der Waals surface area (Å²) >= 11 is 0. The minimum Gasteiger partial charge on any atom is -0.479 e. The van der Waals surface area contributed by atoms with E-state index in [9.17, 15) is 15.0 Å². The van der Waals surface area contributed by atoms with Crippen molar-refractivity contribution in [3.8, 4) is 0 Å². The molecule has 6 nitrogen and oxygen atoms in total. The van der Waals surface area contributed by atoms with Crippen LogP contribution < -0.4 is 0 Å². The van der Waals surface area contributed by atoms with Crippen molar-refractivity contribution in [2.75, 3.05) is 0 Å². The number of aliphatic hydroxyl groups is 1. The van der Waals surface area contributed by atoms with Crippen molar-refractivity contribution in [3.05, 3.63) is 0 Å². The van der Waals surface area contributed by atoms with Crippen molar-refractivity contribution < 1.29 is 24.5 Å². The number of carbonyl (C=O) groups is 1. The summed E-state index contributed by atoms with van der Waals surface area (Å²) in [5.74, 6) is -0.738. The lowest BCUT2D eigenvalue weighted by atomic mass is 9.98. The van der Waals surface area contributed by atoms with Crippen LogP contribution in [0.5, 0.6) is 0 Å². The zero-order chi connectivity index (χ0) is 16.6. The van der Waals surface area contributed by atoms with Gasteiger partial charge in [-0.05, 0) is 47.0 Å². The van der Waals surface area contributed by atoms with E-state index in [1.807, 2.05) is 34.6 Å². The molecule has 0 aromatic rings. The highest BCUT2D eigenvalue weighted by Crippen LogP contribution is 2.37. The second-order valence-corrected chi connectivity index (χ2v) is 7.48. The molecule has 0 spiro atoms. The predicted octanol–water partition coefficient (Wildman–Crippen LogP) is 2.01. The van der Waals surface area contributed by atoms with Crippen LogP contribution in [0.15, 0.2) is 0 Å². The molecule has 0 radical (unpaired) electrons. The van der Waals surface area contributed by atoms with E-state index in [0.717, 1.165) is 0 Å². The van der Waals surface area contributed by atoms with E-state index in [2.05, 4.69) is 0 Å². The lowest BCUT2D eigenvalue weighted by molar-refractivity contribution is -0.278. The van der Waals surface area contributed by atoms with Crippen molar-refractivity contribution in [3.63, 3.8) is 0 Å². The average molecular weight is 303 g/mol. The van der Waals surface area contributed by atoms with Gasteiger partial charge in [0.2, 0.25) is 6.41 Å². The van der Waals surface area contributed by atoms with Gasteiger partial charge in [0.25, 0.3) is 0 Å². The van der Waals surface area contributed by atoms with Crippen LogP contribution in [0.25, 0.3) is 0 Å². The zero-order valence-corrected chi connectivity index (χ0v) is 14.1. The minimum atomic E-state index is -1.21. The van der Waals surface area contributed by atoms with E-state index in [4.69, 9.17) is 9.47 Å². The Kier molecular flexibility index (Phi) is 5.42. The fraction of sp³-hybridized carbons (Fsp3) is 0.933. The molecule has 0 bridgehead atoms. The Morgan fingerprint density at radius 1 is 1.38 bits per heavy atom. The van der Waals surface area contributed by atoms with Gasteiger partial charge in [0, 0.05) is 0 Å². The van der Waals surface area contributed by atoms with Gasteiger partial charge in [-0.3, -0.25) is 0 Å². The minimum absolute atomic E-state index is 0.277. The first-order chi connectivity index (χ1) is 9.35. The van der Waals surface area contributed by atoms with Gasteiger partial charge in [-0.15, -0.1) is 0 Å². The molecule has 1 saturated heterocycles. The predicted molar refractivity (Wildman–Crippen MR) is 78.5 cm³/mol. The average Bonchev–Trinajstić information content (AvgIpc) is 2.46. The number of hydrogen-bond donors (Lipinski definition) is 2. The molecule has 0 amide bonds. The summed E-state index contributed by atoms with van der Waals surface area (Å²) in [6.45, 7) is 13.0. The molecule has 6 heteroatoms. The van der Waals surface area contributed by atoms with Crippen molar-refractivity contribution in [2.45, 2.75) is 84.8 Å². The Morgan fingerprint density at radius 3 is 2.29 bits per heavy atom. The number of nitrogens with zero attached hydrogens (tertiary/aromatic N) is 1. The molecule has 0 aliphatic carbocycles. The Morgan fingerprint density at radius 2 is 1.90 bits per heavy atom. The summed E-state index contributed by atoms with van der Waals surface area (Å²) < 4.78 is 11.3. The first-order valence-corrected chi connectivity index (χ1v) is 7.40. The second kappa shape index (κ2) is 6.20. The van der Waals surface area contributed by atoms with Crippen molar-refractivity contribution in [1.29, 1.82) is 0 Å². The third-order valence-electron chi connectivity index (χ3n) is 3.40. The summed E-state index contributed by atoms with van der Waals surface area (Å²) in [5.41, 5.74) is -1.45. The molecule has 0 aromatic carbocycles. The van der Waals surface area contributed by atoms with Crippen LogP contribution in [0.1, 0.15) is 54.9 Å². The molecule has 2 N–H and O–H groups in total. The molecule has 1 aliphatic rings. The third kappa shape index (κ3) is 4.64. The Hall–Kier alpha value is -0.690. The maximum atomic E-state index is 11.5. The highest BCUT2D eigenvalue weighted by atomic mass is 16.7. The van der Waals surface area contributed by atoms with Gasteiger partial charge >= 0.3 is 5.97 Å². The molecule has 1 rings (SSSR count). The normalized spacial score (nSPS) is 28.0. The fourth-order valence-corrected chi connectivity index (χ4v) is 2.73. The number of aliphatic carboxylic acids is 1. The number of ether oxygens (including phenoxy) is 2. The molecule has 124 valence electrons.